The van der Waals surface area contributed by atoms with Gasteiger partial charge in [-0.25, -0.2) is 17.1 Å². The maximum atomic E-state index is 13.3. The molecule has 1 aromatic carbocycles. The van der Waals surface area contributed by atoms with Crippen LogP contribution in [0.5, 0.6) is 0 Å². The van der Waals surface area contributed by atoms with Gasteiger partial charge in [-0.15, -0.1) is 0 Å². The van der Waals surface area contributed by atoms with Crippen LogP contribution in [0.25, 0.3) is 0 Å². The fourth-order valence-corrected chi connectivity index (χ4v) is 4.77. The van der Waals surface area contributed by atoms with E-state index in [1.807, 2.05) is 6.20 Å². The first-order valence-corrected chi connectivity index (χ1v) is 9.31. The molecule has 2 aromatic rings. The lowest BCUT2D eigenvalue weighted by Crippen LogP contribution is -2.30. The molecule has 1 aliphatic rings. The molecule has 8 heteroatoms. The fourth-order valence-electron chi connectivity index (χ4n) is 3.18. The number of benzene rings is 1. The summed E-state index contributed by atoms with van der Waals surface area (Å²) in [4.78, 5) is 0. The lowest BCUT2D eigenvalue weighted by molar-refractivity contribution is 0.223. The van der Waals surface area contributed by atoms with E-state index in [0.717, 1.165) is 5.56 Å². The van der Waals surface area contributed by atoms with Gasteiger partial charge >= 0.3 is 0 Å². The highest BCUT2D eigenvalue weighted by Gasteiger charge is 2.39. The summed E-state index contributed by atoms with van der Waals surface area (Å²) in [6.07, 6.45) is 3.55. The number of aromatic nitrogens is 2. The number of aliphatic hydroxyl groups excluding tert-OH is 1. The third-order valence-corrected chi connectivity index (χ3v) is 6.21. The Labute approximate surface area is 140 Å². The SMILES string of the molecule is Cn1cc([C@@H]2CN(S(=O)(=O)Cc3cccc(F)c3)C[C@H]2CO)cn1. The van der Waals surface area contributed by atoms with Gasteiger partial charge in [-0.1, -0.05) is 12.1 Å². The highest BCUT2D eigenvalue weighted by Crippen LogP contribution is 2.34. The minimum Gasteiger partial charge on any atom is -0.396 e. The summed E-state index contributed by atoms with van der Waals surface area (Å²) < 4.78 is 41.6. The molecule has 1 aliphatic heterocycles. The predicted octanol–water partition coefficient (Wildman–Crippen LogP) is 1.10. The molecule has 0 unspecified atom stereocenters. The Balaban J connectivity index is 1.79. The van der Waals surface area contributed by atoms with Crippen molar-refractivity contribution < 1.29 is 17.9 Å². The van der Waals surface area contributed by atoms with E-state index in [4.69, 9.17) is 0 Å². The van der Waals surface area contributed by atoms with Crippen LogP contribution in [-0.4, -0.2) is 47.3 Å². The predicted molar refractivity (Wildman–Crippen MR) is 87.1 cm³/mol. The van der Waals surface area contributed by atoms with Gasteiger partial charge in [0, 0.05) is 44.8 Å². The summed E-state index contributed by atoms with van der Waals surface area (Å²) in [5.74, 6) is -0.962. The highest BCUT2D eigenvalue weighted by molar-refractivity contribution is 7.88. The standard InChI is InChI=1S/C16H20FN3O3S/c1-19-7-13(6-18-19)16-9-20(8-14(16)10-21)24(22,23)11-12-3-2-4-15(17)5-12/h2-7,14,16,21H,8-11H2,1H3/t14-,16-/m0/s1. The molecule has 0 spiro atoms. The van der Waals surface area contributed by atoms with Gasteiger partial charge in [0.15, 0.2) is 0 Å². The van der Waals surface area contributed by atoms with E-state index in [-0.39, 0.29) is 30.7 Å². The number of sulfonamides is 1. The number of hydrogen-bond acceptors (Lipinski definition) is 4. The van der Waals surface area contributed by atoms with Gasteiger partial charge in [-0.2, -0.15) is 5.10 Å². The van der Waals surface area contributed by atoms with E-state index in [2.05, 4.69) is 5.10 Å². The second kappa shape index (κ2) is 6.62. The number of nitrogens with zero attached hydrogens (tertiary/aromatic N) is 3. The van der Waals surface area contributed by atoms with Gasteiger partial charge < -0.3 is 5.11 Å². The molecule has 1 fully saturated rings. The second-order valence-electron chi connectivity index (χ2n) is 6.20. The van der Waals surface area contributed by atoms with E-state index in [0.29, 0.717) is 12.1 Å². The Kier molecular flexibility index (Phi) is 4.71. The Morgan fingerprint density at radius 2 is 2.17 bits per heavy atom. The van der Waals surface area contributed by atoms with Crippen molar-refractivity contribution in [1.82, 2.24) is 14.1 Å². The molecule has 6 nitrogen and oxygen atoms in total. The maximum Gasteiger partial charge on any atom is 0.218 e. The van der Waals surface area contributed by atoms with E-state index in [1.165, 1.54) is 22.5 Å². The van der Waals surface area contributed by atoms with Crippen LogP contribution in [0.15, 0.2) is 36.7 Å². The molecule has 1 saturated heterocycles. The zero-order valence-corrected chi connectivity index (χ0v) is 14.2. The molecule has 3 rings (SSSR count). The van der Waals surface area contributed by atoms with Crippen LogP contribution in [0.4, 0.5) is 4.39 Å². The fraction of sp³-hybridized carbons (Fsp3) is 0.438. The quantitative estimate of drug-likeness (QED) is 0.873. The van der Waals surface area contributed by atoms with Crippen molar-refractivity contribution in [3.63, 3.8) is 0 Å². The first-order valence-electron chi connectivity index (χ1n) is 7.70. The summed E-state index contributed by atoms with van der Waals surface area (Å²) >= 11 is 0. The van der Waals surface area contributed by atoms with Crippen molar-refractivity contribution in [1.29, 1.82) is 0 Å². The zero-order chi connectivity index (χ0) is 17.3. The molecule has 0 saturated carbocycles. The number of aliphatic hydroxyl groups is 1. The monoisotopic (exact) mass is 353 g/mol. The van der Waals surface area contributed by atoms with Crippen molar-refractivity contribution in [2.45, 2.75) is 11.7 Å². The van der Waals surface area contributed by atoms with Crippen LogP contribution in [-0.2, 0) is 22.8 Å². The van der Waals surface area contributed by atoms with Gasteiger partial charge in [-0.05, 0) is 23.3 Å². The van der Waals surface area contributed by atoms with Gasteiger partial charge in [0.05, 0.1) is 11.9 Å². The summed E-state index contributed by atoms with van der Waals surface area (Å²) in [7, 11) is -1.78. The third-order valence-electron chi connectivity index (χ3n) is 4.43. The molecule has 1 N–H and O–H groups in total. The van der Waals surface area contributed by atoms with E-state index in [9.17, 15) is 17.9 Å². The van der Waals surface area contributed by atoms with E-state index in [1.54, 1.807) is 24.0 Å². The summed E-state index contributed by atoms with van der Waals surface area (Å²) in [5, 5.41) is 13.7. The van der Waals surface area contributed by atoms with Crippen LogP contribution in [0.1, 0.15) is 17.0 Å². The lowest BCUT2D eigenvalue weighted by atomic mass is 9.92. The van der Waals surface area contributed by atoms with Crippen molar-refractivity contribution in [3.8, 4) is 0 Å². The van der Waals surface area contributed by atoms with Crippen molar-refractivity contribution >= 4 is 10.0 Å². The molecular weight excluding hydrogens is 333 g/mol. The van der Waals surface area contributed by atoms with Crippen LogP contribution in [0, 0.1) is 11.7 Å². The Bertz CT molecular complexity index is 821. The minimum atomic E-state index is -3.58. The Morgan fingerprint density at radius 3 is 2.79 bits per heavy atom. The summed E-state index contributed by atoms with van der Waals surface area (Å²) in [5.41, 5.74) is 1.33. The smallest absolute Gasteiger partial charge is 0.218 e. The topological polar surface area (TPSA) is 75.4 Å². The van der Waals surface area contributed by atoms with Crippen molar-refractivity contribution in [3.05, 3.63) is 53.6 Å². The first-order chi connectivity index (χ1) is 11.4. The molecule has 0 amide bonds. The molecule has 2 atom stereocenters. The summed E-state index contributed by atoms with van der Waals surface area (Å²) in [6, 6.07) is 5.61. The molecule has 24 heavy (non-hydrogen) atoms. The molecule has 2 heterocycles. The minimum absolute atomic E-state index is 0.0917. The van der Waals surface area contributed by atoms with Gasteiger partial charge in [0.1, 0.15) is 5.82 Å². The molecule has 0 bridgehead atoms. The highest BCUT2D eigenvalue weighted by atomic mass is 32.2. The van der Waals surface area contributed by atoms with Crippen molar-refractivity contribution in [2.24, 2.45) is 13.0 Å². The number of halogens is 1. The molecular formula is C16H20FN3O3S. The van der Waals surface area contributed by atoms with Crippen LogP contribution in [0.3, 0.4) is 0 Å². The Hall–Kier alpha value is -1.77. The number of hydrogen-bond donors (Lipinski definition) is 1. The van der Waals surface area contributed by atoms with Gasteiger partial charge in [0.25, 0.3) is 0 Å². The number of rotatable bonds is 5. The molecule has 0 radical (unpaired) electrons. The largest absolute Gasteiger partial charge is 0.396 e. The van der Waals surface area contributed by atoms with Crippen LogP contribution >= 0.6 is 0 Å². The zero-order valence-electron chi connectivity index (χ0n) is 13.3. The second-order valence-corrected chi connectivity index (χ2v) is 8.17. The third kappa shape index (κ3) is 3.50. The van der Waals surface area contributed by atoms with E-state index >= 15 is 0 Å². The molecule has 1 aromatic heterocycles. The Morgan fingerprint density at radius 1 is 1.38 bits per heavy atom. The van der Waals surface area contributed by atoms with Gasteiger partial charge in [-0.3, -0.25) is 4.68 Å². The molecule has 0 aliphatic carbocycles. The molecule has 130 valence electrons. The summed E-state index contributed by atoms with van der Waals surface area (Å²) in [6.45, 7) is 0.466. The van der Waals surface area contributed by atoms with Crippen molar-refractivity contribution in [2.75, 3.05) is 19.7 Å². The van der Waals surface area contributed by atoms with E-state index < -0.39 is 15.8 Å². The average Bonchev–Trinajstić information content (AvgIpc) is 3.12. The first kappa shape index (κ1) is 17.1. The lowest BCUT2D eigenvalue weighted by Gasteiger charge is -2.16. The normalized spacial score (nSPS) is 22.1. The maximum absolute atomic E-state index is 13.3. The average molecular weight is 353 g/mol. The van der Waals surface area contributed by atoms with Crippen LogP contribution in [0.2, 0.25) is 0 Å². The van der Waals surface area contributed by atoms with Gasteiger partial charge in [0.2, 0.25) is 10.0 Å². The number of aryl methyl sites for hydroxylation is 1. The van der Waals surface area contributed by atoms with Crippen LogP contribution < -0.4 is 0 Å².